The van der Waals surface area contributed by atoms with E-state index < -0.39 is 9.84 Å². The summed E-state index contributed by atoms with van der Waals surface area (Å²) < 4.78 is 48.4. The lowest BCUT2D eigenvalue weighted by Gasteiger charge is -2.38. The van der Waals surface area contributed by atoms with E-state index in [1.54, 1.807) is 42.5 Å². The van der Waals surface area contributed by atoms with Crippen LogP contribution in [-0.4, -0.2) is 115 Å². The fraction of sp³-hybridized carbons (Fsp3) is 0.333. The highest BCUT2D eigenvalue weighted by Gasteiger charge is 2.33. The van der Waals surface area contributed by atoms with Crippen LogP contribution in [-0.2, 0) is 19.3 Å². The zero-order valence-electron chi connectivity index (χ0n) is 33.3. The number of anilines is 1. The van der Waals surface area contributed by atoms with Gasteiger partial charge in [-0.25, -0.2) is 8.42 Å². The van der Waals surface area contributed by atoms with E-state index in [-0.39, 0.29) is 28.5 Å². The van der Waals surface area contributed by atoms with Crippen molar-refractivity contribution in [2.24, 2.45) is 0 Å². The number of hydrogen-bond donors (Lipinski definition) is 3. The Morgan fingerprint density at radius 3 is 2.32 bits per heavy atom. The van der Waals surface area contributed by atoms with Crippen LogP contribution in [0, 0.1) is 0 Å². The third kappa shape index (κ3) is 10.2. The molecule has 2 aliphatic rings. The number of aromatic hydroxyl groups is 1. The van der Waals surface area contributed by atoms with Gasteiger partial charge in [0.1, 0.15) is 29.6 Å². The molecule has 0 bridgehead atoms. The molecule has 5 aromatic rings. The Hall–Kier alpha value is -5.51. The van der Waals surface area contributed by atoms with Gasteiger partial charge in [-0.2, -0.15) is 0 Å². The number of sulfone groups is 1. The number of phenols is 1. The van der Waals surface area contributed by atoms with Gasteiger partial charge in [0.2, 0.25) is 0 Å². The highest BCUT2D eigenvalue weighted by atomic mass is 32.2. The first-order valence-electron chi connectivity index (χ1n) is 19.9. The lowest BCUT2D eigenvalue weighted by molar-refractivity contribution is 0.0355. The van der Waals surface area contributed by atoms with Crippen LogP contribution in [0.3, 0.4) is 0 Å². The fourth-order valence-electron chi connectivity index (χ4n) is 7.46. The zero-order valence-corrected chi connectivity index (χ0v) is 34.1. The minimum atomic E-state index is -3.34. The molecular formula is C45H50N4O9S. The molecule has 3 N–H and O–H groups in total. The third-order valence-corrected chi connectivity index (χ3v) is 11.8. The number of fused-ring (bicyclic) bond motifs is 2. The van der Waals surface area contributed by atoms with Gasteiger partial charge in [-0.3, -0.25) is 19.8 Å². The maximum absolute atomic E-state index is 12.5. The molecule has 0 aromatic heterocycles. The van der Waals surface area contributed by atoms with Crippen LogP contribution in [0.1, 0.15) is 34.1 Å². The van der Waals surface area contributed by atoms with E-state index in [1.165, 1.54) is 6.26 Å². The average Bonchev–Trinajstić information content (AvgIpc) is 3.54. The largest absolute Gasteiger partial charge is 0.508 e. The molecule has 5 aromatic carbocycles. The van der Waals surface area contributed by atoms with Crippen molar-refractivity contribution in [1.29, 1.82) is 0 Å². The summed E-state index contributed by atoms with van der Waals surface area (Å²) in [6.45, 7) is 9.34. The van der Waals surface area contributed by atoms with Crippen molar-refractivity contribution >= 4 is 38.1 Å². The summed E-state index contributed by atoms with van der Waals surface area (Å²) in [5, 5.41) is 17.5. The maximum Gasteiger partial charge on any atom is 0.261 e. The predicted molar refractivity (Wildman–Crippen MR) is 227 cm³/mol. The first-order valence-corrected chi connectivity index (χ1v) is 21.8. The standard InChI is InChI=1S/C45H50N4O9S/c1-3-48(22-25-56-28-27-55-24-19-33-30-46-20-21-49(33)41-6-4-5-40-42(41)45(52)47-44(40)51)23-26-57-35-11-13-36(14-12-35)58-43-38(17-9-32-29-34(50)10-18-39(32)43)31-7-15-37(16-8-31)59(2,53)54/h4-18,29,33,46,50H,3,19-28,30H2,1-2H3,(H,47,51,52). The number of carbonyl (C=O) groups excluding carboxylic acids is 2. The van der Waals surface area contributed by atoms with Crippen LogP contribution >= 0.6 is 0 Å². The van der Waals surface area contributed by atoms with Gasteiger partial charge in [0.05, 0.1) is 41.5 Å². The number of carbonyl (C=O) groups is 2. The predicted octanol–water partition coefficient (Wildman–Crippen LogP) is 5.89. The van der Waals surface area contributed by atoms with E-state index in [1.807, 2.05) is 54.6 Å². The number of nitrogens with one attached hydrogen (secondary N) is 2. The lowest BCUT2D eigenvalue weighted by atomic mass is 9.99. The molecule has 2 aliphatic heterocycles. The minimum Gasteiger partial charge on any atom is -0.508 e. The number of benzene rings is 5. The number of ether oxygens (including phenoxy) is 4. The van der Waals surface area contributed by atoms with Gasteiger partial charge in [-0.05, 0) is 96.7 Å². The number of piperazine rings is 1. The molecule has 1 atom stereocenters. The summed E-state index contributed by atoms with van der Waals surface area (Å²) in [4.78, 5) is 29.4. The number of phenolic OH excluding ortho intramolecular Hbond substituents is 1. The number of nitrogens with zero attached hydrogens (tertiary/aromatic N) is 2. The Bertz CT molecular complexity index is 2370. The average molecular weight is 823 g/mol. The molecule has 1 saturated heterocycles. The third-order valence-electron chi connectivity index (χ3n) is 10.6. The Balaban J connectivity index is 0.835. The molecular weight excluding hydrogens is 773 g/mol. The van der Waals surface area contributed by atoms with Gasteiger partial charge in [0.15, 0.2) is 9.84 Å². The minimum absolute atomic E-state index is 0.133. The van der Waals surface area contributed by atoms with Crippen LogP contribution < -0.4 is 25.0 Å². The second kappa shape index (κ2) is 19.0. The van der Waals surface area contributed by atoms with Crippen molar-refractivity contribution < 1.29 is 42.1 Å². The SMILES string of the molecule is CCN(CCOCCOCCC1CNCCN1c1cccc2c1C(=O)NC2=O)CCOc1ccc(Oc2c(-c3ccc(S(C)(=O)=O)cc3)ccc3cc(O)ccc23)cc1. The molecule has 14 heteroatoms. The molecule has 0 saturated carbocycles. The topological polar surface area (TPSA) is 156 Å². The highest BCUT2D eigenvalue weighted by Crippen LogP contribution is 2.41. The van der Waals surface area contributed by atoms with Gasteiger partial charge >= 0.3 is 0 Å². The van der Waals surface area contributed by atoms with Crippen molar-refractivity contribution in [2.45, 2.75) is 24.3 Å². The van der Waals surface area contributed by atoms with Gasteiger partial charge in [-0.1, -0.05) is 31.2 Å². The molecule has 13 nitrogen and oxygen atoms in total. The van der Waals surface area contributed by atoms with Crippen LogP contribution in [0.2, 0.25) is 0 Å². The van der Waals surface area contributed by atoms with Crippen molar-refractivity contribution in [3.63, 3.8) is 0 Å². The van der Waals surface area contributed by atoms with Gasteiger partial charge in [0.25, 0.3) is 11.8 Å². The Labute approximate surface area is 344 Å². The molecule has 7 rings (SSSR count). The molecule has 2 amide bonds. The maximum atomic E-state index is 12.5. The van der Waals surface area contributed by atoms with Crippen LogP contribution in [0.5, 0.6) is 23.0 Å². The van der Waals surface area contributed by atoms with E-state index in [2.05, 4.69) is 27.4 Å². The lowest BCUT2D eigenvalue weighted by Crippen LogP contribution is -2.52. The first-order chi connectivity index (χ1) is 28.6. The second-order valence-corrected chi connectivity index (χ2v) is 16.6. The number of hydrogen-bond acceptors (Lipinski definition) is 12. The van der Waals surface area contributed by atoms with Crippen molar-refractivity contribution in [2.75, 3.05) is 83.5 Å². The van der Waals surface area contributed by atoms with Crippen molar-refractivity contribution in [3.05, 3.63) is 108 Å². The van der Waals surface area contributed by atoms with Gasteiger partial charge < -0.3 is 34.3 Å². The van der Waals surface area contributed by atoms with Gasteiger partial charge in [-0.15, -0.1) is 0 Å². The fourth-order valence-corrected chi connectivity index (χ4v) is 8.09. The first kappa shape index (κ1) is 41.6. The monoisotopic (exact) mass is 822 g/mol. The summed E-state index contributed by atoms with van der Waals surface area (Å²) in [6.07, 6.45) is 1.95. The summed E-state index contributed by atoms with van der Waals surface area (Å²) >= 11 is 0. The van der Waals surface area contributed by atoms with Crippen molar-refractivity contribution in [3.8, 4) is 34.1 Å². The smallest absolute Gasteiger partial charge is 0.261 e. The molecule has 310 valence electrons. The summed E-state index contributed by atoms with van der Waals surface area (Å²) in [6, 6.07) is 28.6. The number of imide groups is 1. The number of amides is 2. The second-order valence-electron chi connectivity index (χ2n) is 14.5. The Kier molecular flexibility index (Phi) is 13.4. The number of rotatable bonds is 19. The van der Waals surface area contributed by atoms with Gasteiger partial charge in [0, 0.05) is 62.6 Å². The van der Waals surface area contributed by atoms with E-state index >= 15 is 0 Å². The molecule has 1 fully saturated rings. The Morgan fingerprint density at radius 1 is 0.814 bits per heavy atom. The molecule has 1 unspecified atom stereocenters. The normalized spacial score (nSPS) is 15.4. The summed E-state index contributed by atoms with van der Waals surface area (Å²) in [5.74, 6) is 1.36. The van der Waals surface area contributed by atoms with E-state index in [0.717, 1.165) is 73.3 Å². The summed E-state index contributed by atoms with van der Waals surface area (Å²) in [5.41, 5.74) is 3.27. The van der Waals surface area contributed by atoms with Crippen LogP contribution in [0.4, 0.5) is 5.69 Å². The van der Waals surface area contributed by atoms with E-state index in [9.17, 15) is 23.1 Å². The van der Waals surface area contributed by atoms with E-state index in [0.29, 0.717) is 61.4 Å². The van der Waals surface area contributed by atoms with Crippen LogP contribution in [0.25, 0.3) is 21.9 Å². The molecule has 59 heavy (non-hydrogen) atoms. The molecule has 0 radical (unpaired) electrons. The van der Waals surface area contributed by atoms with E-state index in [4.69, 9.17) is 18.9 Å². The molecule has 0 aliphatic carbocycles. The molecule has 0 spiro atoms. The molecule has 2 heterocycles. The quantitative estimate of drug-likeness (QED) is 0.0672. The highest BCUT2D eigenvalue weighted by molar-refractivity contribution is 7.90. The van der Waals surface area contributed by atoms with Crippen molar-refractivity contribution in [1.82, 2.24) is 15.5 Å². The summed E-state index contributed by atoms with van der Waals surface area (Å²) in [7, 11) is -3.34. The Morgan fingerprint density at radius 2 is 1.56 bits per heavy atom. The van der Waals surface area contributed by atoms with Crippen LogP contribution in [0.15, 0.2) is 102 Å². The zero-order chi connectivity index (χ0) is 41.4. The number of likely N-dealkylation sites (N-methyl/N-ethyl adjacent to an activating group) is 1.